The van der Waals surface area contributed by atoms with E-state index in [4.69, 9.17) is 0 Å². The predicted molar refractivity (Wildman–Crippen MR) is 67.0 cm³/mol. The van der Waals surface area contributed by atoms with Crippen molar-refractivity contribution in [2.75, 3.05) is 0 Å². The second-order valence-electron chi connectivity index (χ2n) is 3.00. The molecule has 0 saturated heterocycles. The van der Waals surface area contributed by atoms with Crippen LogP contribution in [0.4, 0.5) is 5.69 Å². The van der Waals surface area contributed by atoms with Gasteiger partial charge in [0.05, 0.1) is 4.92 Å². The normalized spacial score (nSPS) is 10.2. The number of nitro groups is 1. The van der Waals surface area contributed by atoms with E-state index in [0.717, 1.165) is 0 Å². The summed E-state index contributed by atoms with van der Waals surface area (Å²) in [4.78, 5) is 18.5. The number of hydrogen-bond donors (Lipinski definition) is 0. The Bertz CT molecular complexity index is 551. The third kappa shape index (κ3) is 3.01. The lowest BCUT2D eigenvalue weighted by Crippen LogP contribution is -1.93. The van der Waals surface area contributed by atoms with E-state index in [-0.39, 0.29) is 5.69 Å². The summed E-state index contributed by atoms with van der Waals surface area (Å²) in [5, 5.41) is 11.9. The van der Waals surface area contributed by atoms with Gasteiger partial charge in [-0.1, -0.05) is 6.07 Å². The predicted octanol–water partition coefficient (Wildman–Crippen LogP) is 3.30. The van der Waals surface area contributed by atoms with Gasteiger partial charge in [-0.3, -0.25) is 10.1 Å². The summed E-state index contributed by atoms with van der Waals surface area (Å²) < 4.78 is 0.578. The summed E-state index contributed by atoms with van der Waals surface area (Å²) in [6.45, 7) is 0. The topological polar surface area (TPSA) is 68.9 Å². The van der Waals surface area contributed by atoms with Crippen LogP contribution in [0.25, 0.3) is 0 Å². The third-order valence-electron chi connectivity index (χ3n) is 1.83. The Hall–Kier alpha value is -1.47. The van der Waals surface area contributed by atoms with E-state index in [9.17, 15) is 10.1 Å². The van der Waals surface area contributed by atoms with Crippen LogP contribution in [0.15, 0.2) is 51.2 Å². The maximum absolute atomic E-state index is 10.9. The number of halogens is 1. The highest BCUT2D eigenvalue weighted by Crippen LogP contribution is 2.33. The molecule has 2 aromatic heterocycles. The first-order valence-electron chi connectivity index (χ1n) is 4.55. The molecule has 2 aromatic rings. The van der Waals surface area contributed by atoms with E-state index in [1.807, 2.05) is 6.07 Å². The zero-order valence-corrected chi connectivity index (χ0v) is 10.8. The van der Waals surface area contributed by atoms with Crippen LogP contribution in [0.1, 0.15) is 0 Å². The maximum Gasteiger partial charge on any atom is 0.302 e. The molecule has 0 aliphatic carbocycles. The van der Waals surface area contributed by atoms with Gasteiger partial charge in [-0.05, 0) is 39.8 Å². The molecule has 0 saturated carbocycles. The average Bonchev–Trinajstić information content (AvgIpc) is 2.32. The van der Waals surface area contributed by atoms with Gasteiger partial charge < -0.3 is 0 Å². The Morgan fingerprint density at radius 3 is 2.82 bits per heavy atom. The van der Waals surface area contributed by atoms with Crippen molar-refractivity contribution in [3.63, 3.8) is 0 Å². The lowest BCUT2D eigenvalue weighted by atomic mass is 10.4. The molecule has 0 atom stereocenters. The zero-order valence-electron chi connectivity index (χ0n) is 8.41. The molecule has 0 aliphatic rings. The van der Waals surface area contributed by atoms with Crippen LogP contribution in [-0.2, 0) is 0 Å². The summed E-state index contributed by atoms with van der Waals surface area (Å²) in [7, 11) is 0. The molecule has 0 fully saturated rings. The fourth-order valence-corrected chi connectivity index (χ4v) is 2.25. The Labute approximate surface area is 110 Å². The molecule has 0 aliphatic heterocycles. The molecular weight excluding hydrogens is 306 g/mol. The monoisotopic (exact) mass is 311 g/mol. The number of aromatic nitrogens is 2. The molecule has 17 heavy (non-hydrogen) atoms. The van der Waals surface area contributed by atoms with Crippen molar-refractivity contribution in [2.24, 2.45) is 0 Å². The largest absolute Gasteiger partial charge is 0.302 e. The molecule has 5 nitrogen and oxygen atoms in total. The number of nitrogens with zero attached hydrogens (tertiary/aromatic N) is 3. The van der Waals surface area contributed by atoms with Crippen LogP contribution in [0, 0.1) is 10.1 Å². The van der Waals surface area contributed by atoms with Crippen molar-refractivity contribution in [1.29, 1.82) is 0 Å². The van der Waals surface area contributed by atoms with Crippen LogP contribution in [0.3, 0.4) is 0 Å². The molecule has 0 aromatic carbocycles. The SMILES string of the molecule is O=[N+]([O-])c1cc(Br)cnc1Sc1ccccn1. The summed E-state index contributed by atoms with van der Waals surface area (Å²) in [6, 6.07) is 6.81. The fraction of sp³-hybridized carbons (Fsp3) is 0. The number of hydrogen-bond acceptors (Lipinski definition) is 5. The van der Waals surface area contributed by atoms with Crippen LogP contribution < -0.4 is 0 Å². The third-order valence-corrected chi connectivity index (χ3v) is 3.23. The minimum absolute atomic E-state index is 0.0324. The van der Waals surface area contributed by atoms with Crippen molar-refractivity contribution in [3.8, 4) is 0 Å². The highest BCUT2D eigenvalue weighted by molar-refractivity contribution is 9.10. The summed E-state index contributed by atoms with van der Waals surface area (Å²) >= 11 is 4.32. The van der Waals surface area contributed by atoms with Gasteiger partial charge in [0.15, 0.2) is 5.03 Å². The van der Waals surface area contributed by atoms with E-state index in [2.05, 4.69) is 25.9 Å². The zero-order chi connectivity index (χ0) is 12.3. The van der Waals surface area contributed by atoms with Crippen molar-refractivity contribution in [3.05, 3.63) is 51.2 Å². The molecule has 0 bridgehead atoms. The number of pyridine rings is 2. The van der Waals surface area contributed by atoms with Gasteiger partial charge in [-0.2, -0.15) is 0 Å². The molecule has 0 radical (unpaired) electrons. The first-order valence-corrected chi connectivity index (χ1v) is 6.16. The Morgan fingerprint density at radius 2 is 2.18 bits per heavy atom. The summed E-state index contributed by atoms with van der Waals surface area (Å²) in [6.07, 6.45) is 3.16. The van der Waals surface area contributed by atoms with Crippen LogP contribution in [-0.4, -0.2) is 14.9 Å². The summed E-state index contributed by atoms with van der Waals surface area (Å²) in [5.74, 6) is 0. The first kappa shape index (κ1) is 12.0. The highest BCUT2D eigenvalue weighted by atomic mass is 79.9. The standard InChI is InChI=1S/C10H6BrN3O2S/c11-7-5-8(14(15)16)10(13-6-7)17-9-3-1-2-4-12-9/h1-6H. The number of rotatable bonds is 3. The van der Waals surface area contributed by atoms with Crippen molar-refractivity contribution >= 4 is 33.4 Å². The van der Waals surface area contributed by atoms with Gasteiger partial charge in [-0.25, -0.2) is 9.97 Å². The van der Waals surface area contributed by atoms with E-state index >= 15 is 0 Å². The van der Waals surface area contributed by atoms with Gasteiger partial charge >= 0.3 is 5.69 Å². The molecule has 0 amide bonds. The molecule has 2 heterocycles. The quantitative estimate of drug-likeness (QED) is 0.642. The van der Waals surface area contributed by atoms with Gasteiger partial charge in [-0.15, -0.1) is 0 Å². The van der Waals surface area contributed by atoms with Gasteiger partial charge in [0.1, 0.15) is 5.03 Å². The molecule has 86 valence electrons. The van der Waals surface area contributed by atoms with Crippen molar-refractivity contribution in [1.82, 2.24) is 9.97 Å². The highest BCUT2D eigenvalue weighted by Gasteiger charge is 2.17. The minimum atomic E-state index is -0.455. The molecule has 2 rings (SSSR count). The lowest BCUT2D eigenvalue weighted by molar-refractivity contribution is -0.388. The molecule has 0 spiro atoms. The average molecular weight is 312 g/mol. The molecule has 7 heteroatoms. The van der Waals surface area contributed by atoms with E-state index in [1.165, 1.54) is 24.0 Å². The lowest BCUT2D eigenvalue weighted by Gasteiger charge is -2.01. The maximum atomic E-state index is 10.9. The van der Waals surface area contributed by atoms with Crippen LogP contribution >= 0.6 is 27.7 Å². The molecule has 0 unspecified atom stereocenters. The van der Waals surface area contributed by atoms with Crippen molar-refractivity contribution < 1.29 is 4.92 Å². The minimum Gasteiger partial charge on any atom is -0.258 e. The van der Waals surface area contributed by atoms with Gasteiger partial charge in [0.25, 0.3) is 0 Å². The van der Waals surface area contributed by atoms with Gasteiger partial charge in [0.2, 0.25) is 0 Å². The van der Waals surface area contributed by atoms with E-state index in [0.29, 0.717) is 14.5 Å². The van der Waals surface area contributed by atoms with Crippen molar-refractivity contribution in [2.45, 2.75) is 10.1 Å². The van der Waals surface area contributed by atoms with Crippen LogP contribution in [0.5, 0.6) is 0 Å². The molecular formula is C10H6BrN3O2S. The Morgan fingerprint density at radius 1 is 1.35 bits per heavy atom. The Kier molecular flexibility index (Phi) is 3.70. The first-order chi connectivity index (χ1) is 8.16. The summed E-state index contributed by atoms with van der Waals surface area (Å²) in [5.41, 5.74) is -0.0324. The van der Waals surface area contributed by atoms with Gasteiger partial charge in [0, 0.05) is 22.9 Å². The molecule has 0 N–H and O–H groups in total. The second kappa shape index (κ2) is 5.24. The van der Waals surface area contributed by atoms with E-state index < -0.39 is 4.92 Å². The Balaban J connectivity index is 2.36. The smallest absolute Gasteiger partial charge is 0.258 e. The second-order valence-corrected chi connectivity index (χ2v) is 4.93. The van der Waals surface area contributed by atoms with E-state index in [1.54, 1.807) is 18.3 Å². The van der Waals surface area contributed by atoms with Crippen LogP contribution in [0.2, 0.25) is 0 Å². The fourth-order valence-electron chi connectivity index (χ4n) is 1.13.